The van der Waals surface area contributed by atoms with E-state index in [-0.39, 0.29) is 22.0 Å². The molecule has 4 rings (SSSR count). The topological polar surface area (TPSA) is 68.2 Å². The molecule has 0 unspecified atom stereocenters. The first-order chi connectivity index (χ1) is 15.0. The van der Waals surface area contributed by atoms with Gasteiger partial charge in [0.2, 0.25) is 0 Å². The highest BCUT2D eigenvalue weighted by Gasteiger charge is 2.30. The molecule has 0 spiro atoms. The minimum atomic E-state index is -4.60. The maximum atomic E-state index is 12.9. The lowest BCUT2D eigenvalue weighted by Crippen LogP contribution is -2.14. The number of rotatable bonds is 5. The number of sulfonamides is 1. The van der Waals surface area contributed by atoms with Crippen LogP contribution in [0.4, 0.5) is 18.9 Å². The Balaban J connectivity index is 1.65. The molecule has 3 aromatic carbocycles. The van der Waals surface area contributed by atoms with Gasteiger partial charge in [0.15, 0.2) is 0 Å². The van der Waals surface area contributed by atoms with Crippen LogP contribution in [-0.2, 0) is 22.7 Å². The molecule has 5 nitrogen and oxygen atoms in total. The maximum Gasteiger partial charge on any atom is 0.416 e. The predicted octanol–water partition coefficient (Wildman–Crippen LogP) is 5.58. The number of hydrogen-bond acceptors (Lipinski definition) is 4. The van der Waals surface area contributed by atoms with Crippen LogP contribution in [-0.4, -0.2) is 13.0 Å². The van der Waals surface area contributed by atoms with Crippen LogP contribution in [0.1, 0.15) is 11.1 Å². The van der Waals surface area contributed by atoms with Crippen LogP contribution in [0, 0.1) is 0 Å². The van der Waals surface area contributed by atoms with E-state index < -0.39 is 21.8 Å². The van der Waals surface area contributed by atoms with E-state index in [9.17, 15) is 26.4 Å². The molecule has 0 aliphatic carbocycles. The maximum absolute atomic E-state index is 12.9. The highest BCUT2D eigenvalue weighted by Crippen LogP contribution is 2.31. The Morgan fingerprint density at radius 1 is 1.00 bits per heavy atom. The quantitative estimate of drug-likeness (QED) is 0.390. The van der Waals surface area contributed by atoms with Gasteiger partial charge in [-0.15, -0.1) is 0 Å². The third kappa shape index (κ3) is 4.67. The Morgan fingerprint density at radius 3 is 2.41 bits per heavy atom. The van der Waals surface area contributed by atoms with Crippen molar-refractivity contribution in [3.05, 3.63) is 92.5 Å². The fourth-order valence-corrected chi connectivity index (χ4v) is 5.31. The van der Waals surface area contributed by atoms with Crippen molar-refractivity contribution < 1.29 is 21.6 Å². The first kappa shape index (κ1) is 22.4. The summed E-state index contributed by atoms with van der Waals surface area (Å²) in [6.45, 7) is 0.282. The van der Waals surface area contributed by atoms with E-state index in [2.05, 4.69) is 4.72 Å². The second-order valence-electron chi connectivity index (χ2n) is 6.89. The second-order valence-corrected chi connectivity index (χ2v) is 10.0. The van der Waals surface area contributed by atoms with Gasteiger partial charge in [0, 0.05) is 10.7 Å². The Kier molecular flexibility index (Phi) is 5.78. The van der Waals surface area contributed by atoms with E-state index in [1.54, 1.807) is 24.3 Å². The Labute approximate surface area is 189 Å². The summed E-state index contributed by atoms with van der Waals surface area (Å²) in [5.41, 5.74) is 0.214. The van der Waals surface area contributed by atoms with Gasteiger partial charge in [-0.2, -0.15) is 13.2 Å². The van der Waals surface area contributed by atoms with Crippen LogP contribution in [0.2, 0.25) is 5.02 Å². The molecule has 0 saturated heterocycles. The van der Waals surface area contributed by atoms with Gasteiger partial charge >= 0.3 is 11.0 Å². The SMILES string of the molecule is O=c1sc2cc(S(=O)(=O)Nc3cccc(C(F)(F)F)c3)ccc2n1Cc1ccc(Cl)cc1. The molecule has 11 heteroatoms. The van der Waals surface area contributed by atoms with Crippen molar-refractivity contribution in [1.29, 1.82) is 0 Å². The Hall–Kier alpha value is -2.82. The first-order valence-electron chi connectivity index (χ1n) is 9.11. The predicted molar refractivity (Wildman–Crippen MR) is 119 cm³/mol. The van der Waals surface area contributed by atoms with Crippen molar-refractivity contribution >= 4 is 48.9 Å². The van der Waals surface area contributed by atoms with Gasteiger partial charge < -0.3 is 0 Å². The van der Waals surface area contributed by atoms with Crippen molar-refractivity contribution in [2.75, 3.05) is 4.72 Å². The molecule has 0 radical (unpaired) electrons. The van der Waals surface area contributed by atoms with Crippen LogP contribution in [0.5, 0.6) is 0 Å². The Morgan fingerprint density at radius 2 is 1.72 bits per heavy atom. The third-order valence-electron chi connectivity index (χ3n) is 4.65. The van der Waals surface area contributed by atoms with E-state index >= 15 is 0 Å². The van der Waals surface area contributed by atoms with Gasteiger partial charge in [0.1, 0.15) is 0 Å². The summed E-state index contributed by atoms with van der Waals surface area (Å²) in [7, 11) is -4.17. The third-order valence-corrected chi connectivity index (χ3v) is 7.22. The molecule has 0 aliphatic heterocycles. The lowest BCUT2D eigenvalue weighted by Gasteiger charge is -2.11. The molecule has 1 aromatic heterocycles. The lowest BCUT2D eigenvalue weighted by molar-refractivity contribution is -0.137. The summed E-state index contributed by atoms with van der Waals surface area (Å²) in [6.07, 6.45) is -4.60. The van der Waals surface area contributed by atoms with Crippen molar-refractivity contribution in [3.63, 3.8) is 0 Å². The number of nitrogens with zero attached hydrogens (tertiary/aromatic N) is 1. The van der Waals surface area contributed by atoms with Crippen molar-refractivity contribution in [1.82, 2.24) is 4.57 Å². The fraction of sp³-hybridized carbons (Fsp3) is 0.0952. The van der Waals surface area contributed by atoms with Gasteiger partial charge in [-0.25, -0.2) is 8.42 Å². The second kappa shape index (κ2) is 8.27. The van der Waals surface area contributed by atoms with E-state index in [1.165, 1.54) is 28.8 Å². The zero-order chi connectivity index (χ0) is 23.1. The summed E-state index contributed by atoms with van der Waals surface area (Å²) < 4.78 is 68.3. The molecule has 0 fully saturated rings. The van der Waals surface area contributed by atoms with Gasteiger partial charge in [0.05, 0.1) is 27.2 Å². The zero-order valence-electron chi connectivity index (χ0n) is 16.1. The summed E-state index contributed by atoms with van der Waals surface area (Å²) >= 11 is 6.77. The molecule has 1 heterocycles. The van der Waals surface area contributed by atoms with Crippen LogP contribution >= 0.6 is 22.9 Å². The summed E-state index contributed by atoms with van der Waals surface area (Å²) in [5, 5.41) is 0.569. The molecule has 0 saturated carbocycles. The highest BCUT2D eigenvalue weighted by molar-refractivity contribution is 7.92. The summed E-state index contributed by atoms with van der Waals surface area (Å²) in [4.78, 5) is 12.0. The minimum absolute atomic E-state index is 0.165. The summed E-state index contributed by atoms with van der Waals surface area (Å²) in [5.74, 6) is 0. The number of thiazole rings is 1. The fourth-order valence-electron chi connectivity index (χ4n) is 3.11. The number of benzene rings is 3. The highest BCUT2D eigenvalue weighted by atomic mass is 35.5. The minimum Gasteiger partial charge on any atom is -0.294 e. The van der Waals surface area contributed by atoms with Crippen molar-refractivity contribution in [2.24, 2.45) is 0 Å². The van der Waals surface area contributed by atoms with E-state index in [4.69, 9.17) is 11.6 Å². The molecule has 4 aromatic rings. The monoisotopic (exact) mass is 498 g/mol. The molecular weight excluding hydrogens is 485 g/mol. The van der Waals surface area contributed by atoms with Gasteiger partial charge in [-0.1, -0.05) is 41.1 Å². The lowest BCUT2D eigenvalue weighted by atomic mass is 10.2. The molecule has 1 N–H and O–H groups in total. The molecule has 0 amide bonds. The molecular formula is C21H14ClF3N2O3S2. The number of hydrogen-bond donors (Lipinski definition) is 1. The number of fused-ring (bicyclic) bond motifs is 1. The van der Waals surface area contributed by atoms with Crippen molar-refractivity contribution in [3.8, 4) is 0 Å². The number of aromatic nitrogens is 1. The molecule has 0 atom stereocenters. The molecule has 32 heavy (non-hydrogen) atoms. The average Bonchev–Trinajstić information content (AvgIpc) is 3.03. The largest absolute Gasteiger partial charge is 0.416 e. The molecule has 166 valence electrons. The van der Waals surface area contributed by atoms with E-state index in [0.717, 1.165) is 35.1 Å². The number of alkyl halides is 3. The number of halogens is 4. The van der Waals surface area contributed by atoms with E-state index in [0.29, 0.717) is 15.2 Å². The van der Waals surface area contributed by atoms with Gasteiger partial charge in [-0.05, 0) is 54.1 Å². The van der Waals surface area contributed by atoms with Crippen LogP contribution < -0.4 is 9.60 Å². The van der Waals surface area contributed by atoms with E-state index in [1.807, 2.05) is 0 Å². The Bertz CT molecular complexity index is 1460. The van der Waals surface area contributed by atoms with Gasteiger partial charge in [0.25, 0.3) is 10.0 Å². The number of anilines is 1. The normalized spacial score (nSPS) is 12.2. The van der Waals surface area contributed by atoms with Crippen LogP contribution in [0.25, 0.3) is 10.2 Å². The van der Waals surface area contributed by atoms with Gasteiger partial charge in [-0.3, -0.25) is 14.1 Å². The average molecular weight is 499 g/mol. The number of nitrogens with one attached hydrogen (secondary N) is 1. The molecule has 0 bridgehead atoms. The smallest absolute Gasteiger partial charge is 0.294 e. The summed E-state index contributed by atoms with van der Waals surface area (Å²) in [6, 6.07) is 15.1. The van der Waals surface area contributed by atoms with Crippen LogP contribution in [0.3, 0.4) is 0 Å². The van der Waals surface area contributed by atoms with Crippen molar-refractivity contribution in [2.45, 2.75) is 17.6 Å². The zero-order valence-corrected chi connectivity index (χ0v) is 18.4. The van der Waals surface area contributed by atoms with Crippen LogP contribution in [0.15, 0.2) is 76.4 Å². The molecule has 0 aliphatic rings. The first-order valence-corrected chi connectivity index (χ1v) is 11.8. The standard InChI is InChI=1S/C21H14ClF3N2O3S2/c22-15-6-4-13(5-7-15)12-27-18-9-8-17(11-19(18)31-20(27)28)32(29,30)26-16-3-1-2-14(10-16)21(23,24)25/h1-11,26H,12H2.